The van der Waals surface area contributed by atoms with E-state index in [1.165, 1.54) is 96.0 Å². The van der Waals surface area contributed by atoms with E-state index in [-0.39, 0.29) is 5.97 Å². The van der Waals surface area contributed by atoms with Gasteiger partial charge < -0.3 is 14.2 Å². The van der Waals surface area contributed by atoms with Crippen LogP contribution < -0.4 is 9.47 Å². The Balaban J connectivity index is 1.92. The molecule has 0 fully saturated rings. The SMILES string of the molecule is CCCCCCCCCCCCCCCCCCOC(=O)/C=C/c1ccc(OC)c(OC)c1. The van der Waals surface area contributed by atoms with Crippen molar-refractivity contribution in [3.05, 3.63) is 29.8 Å². The van der Waals surface area contributed by atoms with Gasteiger partial charge in [0.05, 0.1) is 20.8 Å². The predicted octanol–water partition coefficient (Wildman–Crippen LogP) is 8.52. The third-order valence-electron chi connectivity index (χ3n) is 6.06. The highest BCUT2D eigenvalue weighted by atomic mass is 16.5. The first-order valence-corrected chi connectivity index (χ1v) is 13.3. The number of esters is 1. The number of hydrogen-bond donors (Lipinski definition) is 0. The number of methoxy groups -OCH3 is 2. The van der Waals surface area contributed by atoms with Gasteiger partial charge in [0.2, 0.25) is 0 Å². The first-order chi connectivity index (χ1) is 16.2. The molecule has 0 unspecified atom stereocenters. The lowest BCUT2D eigenvalue weighted by Gasteiger charge is -2.07. The summed E-state index contributed by atoms with van der Waals surface area (Å²) < 4.78 is 15.8. The molecule has 0 saturated heterocycles. The molecule has 0 spiro atoms. The Morgan fingerprint density at radius 2 is 1.18 bits per heavy atom. The smallest absolute Gasteiger partial charge is 0.330 e. The number of ether oxygens (including phenoxy) is 3. The Kier molecular flexibility index (Phi) is 18.2. The lowest BCUT2D eigenvalue weighted by atomic mass is 10.0. The molecule has 0 amide bonds. The van der Waals surface area contributed by atoms with Gasteiger partial charge in [0, 0.05) is 6.08 Å². The maximum atomic E-state index is 11.9. The molecule has 0 bridgehead atoms. The molecule has 188 valence electrons. The summed E-state index contributed by atoms with van der Waals surface area (Å²) in [6.45, 7) is 2.77. The van der Waals surface area contributed by atoms with Gasteiger partial charge in [0.15, 0.2) is 11.5 Å². The molecular formula is C29H48O4. The number of benzene rings is 1. The highest BCUT2D eigenvalue weighted by Crippen LogP contribution is 2.28. The van der Waals surface area contributed by atoms with Crippen molar-refractivity contribution >= 4 is 12.0 Å². The highest BCUT2D eigenvalue weighted by molar-refractivity contribution is 5.87. The van der Waals surface area contributed by atoms with E-state index in [0.717, 1.165) is 18.4 Å². The summed E-state index contributed by atoms with van der Waals surface area (Å²) in [7, 11) is 3.20. The Bertz CT molecular complexity index is 639. The topological polar surface area (TPSA) is 44.8 Å². The molecule has 4 heteroatoms. The van der Waals surface area contributed by atoms with Gasteiger partial charge in [0.25, 0.3) is 0 Å². The first-order valence-electron chi connectivity index (χ1n) is 13.3. The zero-order valence-electron chi connectivity index (χ0n) is 21.5. The summed E-state index contributed by atoms with van der Waals surface area (Å²) in [5.41, 5.74) is 0.868. The molecule has 0 aliphatic carbocycles. The quantitative estimate of drug-likeness (QED) is 0.105. The first kappa shape index (κ1) is 29.1. The van der Waals surface area contributed by atoms with Gasteiger partial charge in [-0.2, -0.15) is 0 Å². The molecule has 4 nitrogen and oxygen atoms in total. The standard InChI is InChI=1S/C29H48O4/c1-4-5-6-7-8-9-10-11-12-13-14-15-16-17-18-19-24-33-29(30)23-21-26-20-22-27(31-2)28(25-26)32-3/h20-23,25H,4-19,24H2,1-3H3/b23-21+. The molecule has 0 atom stereocenters. The minimum Gasteiger partial charge on any atom is -0.493 e. The highest BCUT2D eigenvalue weighted by Gasteiger charge is 2.03. The van der Waals surface area contributed by atoms with Crippen molar-refractivity contribution in [1.29, 1.82) is 0 Å². The molecular weight excluding hydrogens is 412 g/mol. The predicted molar refractivity (Wildman–Crippen MR) is 139 cm³/mol. The van der Waals surface area contributed by atoms with Gasteiger partial charge in [0.1, 0.15) is 0 Å². The average molecular weight is 461 g/mol. The van der Waals surface area contributed by atoms with Crippen molar-refractivity contribution in [2.75, 3.05) is 20.8 Å². The minimum absolute atomic E-state index is 0.300. The molecule has 0 saturated carbocycles. The second kappa shape index (κ2) is 20.6. The van der Waals surface area contributed by atoms with Crippen molar-refractivity contribution in [1.82, 2.24) is 0 Å². The fourth-order valence-electron chi connectivity index (χ4n) is 3.99. The normalized spacial score (nSPS) is 11.1. The fraction of sp³-hybridized carbons (Fsp3) is 0.690. The van der Waals surface area contributed by atoms with Gasteiger partial charge in [-0.1, -0.05) is 109 Å². The number of carbonyl (C=O) groups is 1. The van der Waals surface area contributed by atoms with Crippen LogP contribution >= 0.6 is 0 Å². The summed E-state index contributed by atoms with van der Waals surface area (Å²) in [5, 5.41) is 0. The van der Waals surface area contributed by atoms with E-state index in [4.69, 9.17) is 14.2 Å². The van der Waals surface area contributed by atoms with E-state index in [0.29, 0.717) is 18.1 Å². The third kappa shape index (κ3) is 15.5. The van der Waals surface area contributed by atoms with Crippen molar-refractivity contribution in [3.8, 4) is 11.5 Å². The van der Waals surface area contributed by atoms with E-state index in [1.54, 1.807) is 20.3 Å². The van der Waals surface area contributed by atoms with Crippen LogP contribution in [0, 0.1) is 0 Å². The van der Waals surface area contributed by atoms with Crippen LogP contribution in [0.15, 0.2) is 24.3 Å². The van der Waals surface area contributed by atoms with Gasteiger partial charge in [-0.15, -0.1) is 0 Å². The number of rotatable bonds is 21. The van der Waals surface area contributed by atoms with Crippen LogP contribution in [0.2, 0.25) is 0 Å². The van der Waals surface area contributed by atoms with Crippen LogP contribution in [0.25, 0.3) is 6.08 Å². The minimum atomic E-state index is -0.300. The monoisotopic (exact) mass is 460 g/mol. The van der Waals surface area contributed by atoms with Crippen LogP contribution in [0.5, 0.6) is 11.5 Å². The van der Waals surface area contributed by atoms with Crippen molar-refractivity contribution in [2.45, 2.75) is 110 Å². The molecule has 0 N–H and O–H groups in total. The summed E-state index contributed by atoms with van der Waals surface area (Å²) in [5.74, 6) is 1.01. The fourth-order valence-corrected chi connectivity index (χ4v) is 3.99. The maximum absolute atomic E-state index is 11.9. The van der Waals surface area contributed by atoms with E-state index < -0.39 is 0 Å². The zero-order chi connectivity index (χ0) is 24.0. The summed E-state index contributed by atoms with van der Waals surface area (Å²) in [6.07, 6.45) is 24.6. The van der Waals surface area contributed by atoms with Gasteiger partial charge in [-0.3, -0.25) is 0 Å². The van der Waals surface area contributed by atoms with Crippen LogP contribution in [-0.2, 0) is 9.53 Å². The van der Waals surface area contributed by atoms with Crippen molar-refractivity contribution < 1.29 is 19.0 Å². The summed E-state index contributed by atoms with van der Waals surface area (Å²) >= 11 is 0. The lowest BCUT2D eigenvalue weighted by Crippen LogP contribution is -2.02. The lowest BCUT2D eigenvalue weighted by molar-refractivity contribution is -0.137. The zero-order valence-corrected chi connectivity index (χ0v) is 21.5. The van der Waals surface area contributed by atoms with Crippen LogP contribution in [0.1, 0.15) is 115 Å². The Hall–Kier alpha value is -1.97. The molecule has 0 heterocycles. The van der Waals surface area contributed by atoms with Gasteiger partial charge >= 0.3 is 5.97 Å². The Labute approximate surface area is 203 Å². The summed E-state index contributed by atoms with van der Waals surface area (Å²) in [6, 6.07) is 5.53. The largest absolute Gasteiger partial charge is 0.493 e. The maximum Gasteiger partial charge on any atom is 0.330 e. The Morgan fingerprint density at radius 1 is 0.697 bits per heavy atom. The molecule has 1 rings (SSSR count). The number of hydrogen-bond acceptors (Lipinski definition) is 4. The summed E-state index contributed by atoms with van der Waals surface area (Å²) in [4.78, 5) is 11.9. The molecule has 1 aromatic rings. The number of carbonyl (C=O) groups excluding carboxylic acids is 1. The molecule has 0 aliphatic rings. The molecule has 0 aromatic heterocycles. The van der Waals surface area contributed by atoms with E-state index in [1.807, 2.05) is 18.2 Å². The van der Waals surface area contributed by atoms with Gasteiger partial charge in [-0.25, -0.2) is 4.79 Å². The van der Waals surface area contributed by atoms with Crippen molar-refractivity contribution in [3.63, 3.8) is 0 Å². The van der Waals surface area contributed by atoms with E-state index >= 15 is 0 Å². The average Bonchev–Trinajstić information content (AvgIpc) is 2.84. The van der Waals surface area contributed by atoms with E-state index in [9.17, 15) is 4.79 Å². The Morgan fingerprint density at radius 3 is 1.67 bits per heavy atom. The molecule has 0 radical (unpaired) electrons. The number of unbranched alkanes of at least 4 members (excludes halogenated alkanes) is 15. The van der Waals surface area contributed by atoms with Crippen LogP contribution in [-0.4, -0.2) is 26.8 Å². The molecule has 1 aromatic carbocycles. The molecule has 0 aliphatic heterocycles. The van der Waals surface area contributed by atoms with Crippen molar-refractivity contribution in [2.24, 2.45) is 0 Å². The third-order valence-corrected chi connectivity index (χ3v) is 6.06. The second-order valence-electron chi connectivity index (χ2n) is 8.92. The molecule has 33 heavy (non-hydrogen) atoms. The van der Waals surface area contributed by atoms with E-state index in [2.05, 4.69) is 6.92 Å². The van der Waals surface area contributed by atoms with Gasteiger partial charge in [-0.05, 0) is 30.2 Å². The second-order valence-corrected chi connectivity index (χ2v) is 8.92. The van der Waals surface area contributed by atoms with Crippen LogP contribution in [0.4, 0.5) is 0 Å². The van der Waals surface area contributed by atoms with Crippen LogP contribution in [0.3, 0.4) is 0 Å².